The maximum atomic E-state index is 12.2. The molecular formula is C18H16Cl2N2O. The van der Waals surface area contributed by atoms with Crippen LogP contribution in [-0.4, -0.2) is 17.4 Å². The molecule has 5 heteroatoms. The molecule has 3 aromatic rings. The minimum absolute atomic E-state index is 0.191. The van der Waals surface area contributed by atoms with Crippen LogP contribution >= 0.6 is 23.2 Å². The van der Waals surface area contributed by atoms with Crippen LogP contribution in [0.5, 0.6) is 0 Å². The van der Waals surface area contributed by atoms with Gasteiger partial charge in [-0.25, -0.2) is 0 Å². The monoisotopic (exact) mass is 346 g/mol. The highest BCUT2D eigenvalue weighted by molar-refractivity contribution is 6.36. The first kappa shape index (κ1) is 15.9. The number of halogens is 2. The molecule has 0 saturated carbocycles. The average molecular weight is 347 g/mol. The quantitative estimate of drug-likeness (QED) is 0.702. The molecule has 3 rings (SSSR count). The van der Waals surface area contributed by atoms with Gasteiger partial charge in [0.05, 0.1) is 10.6 Å². The van der Waals surface area contributed by atoms with E-state index in [0.29, 0.717) is 22.2 Å². The fourth-order valence-corrected chi connectivity index (χ4v) is 3.22. The number of aryl methyl sites for hydroxylation is 1. The molecule has 0 spiro atoms. The van der Waals surface area contributed by atoms with Gasteiger partial charge in [-0.2, -0.15) is 0 Å². The zero-order valence-electron chi connectivity index (χ0n) is 12.6. The highest BCUT2D eigenvalue weighted by atomic mass is 35.5. The molecule has 0 fully saturated rings. The highest BCUT2D eigenvalue weighted by Crippen LogP contribution is 2.23. The van der Waals surface area contributed by atoms with Crippen molar-refractivity contribution in [3.05, 3.63) is 69.3 Å². The molecule has 2 aromatic carbocycles. The van der Waals surface area contributed by atoms with Gasteiger partial charge in [-0.15, -0.1) is 0 Å². The van der Waals surface area contributed by atoms with Gasteiger partial charge in [0, 0.05) is 28.2 Å². The molecule has 1 aromatic heterocycles. The van der Waals surface area contributed by atoms with E-state index in [2.05, 4.69) is 22.4 Å². The number of amides is 1. The van der Waals surface area contributed by atoms with Gasteiger partial charge < -0.3 is 10.3 Å². The van der Waals surface area contributed by atoms with E-state index in [9.17, 15) is 4.79 Å². The fraction of sp³-hybridized carbons (Fsp3) is 0.167. The number of aromatic amines is 1. The van der Waals surface area contributed by atoms with Crippen LogP contribution in [0, 0.1) is 6.92 Å². The summed E-state index contributed by atoms with van der Waals surface area (Å²) in [7, 11) is 0. The van der Waals surface area contributed by atoms with E-state index in [1.165, 1.54) is 10.9 Å². The summed E-state index contributed by atoms with van der Waals surface area (Å²) in [5, 5.41) is 4.98. The zero-order valence-corrected chi connectivity index (χ0v) is 14.1. The van der Waals surface area contributed by atoms with Gasteiger partial charge in [-0.3, -0.25) is 4.79 Å². The number of aromatic nitrogens is 1. The number of fused-ring (bicyclic) bond motifs is 1. The predicted octanol–water partition coefficient (Wildman–Crippen LogP) is 4.76. The van der Waals surface area contributed by atoms with Crippen molar-refractivity contribution < 1.29 is 4.79 Å². The number of hydrogen-bond acceptors (Lipinski definition) is 1. The second-order valence-corrected chi connectivity index (χ2v) is 6.25. The largest absolute Gasteiger partial charge is 0.358 e. The Morgan fingerprint density at radius 2 is 1.96 bits per heavy atom. The van der Waals surface area contributed by atoms with Crippen molar-refractivity contribution in [3.63, 3.8) is 0 Å². The lowest BCUT2D eigenvalue weighted by Crippen LogP contribution is -2.26. The summed E-state index contributed by atoms with van der Waals surface area (Å²) in [4.78, 5) is 15.6. The Morgan fingerprint density at radius 3 is 2.74 bits per heavy atom. The van der Waals surface area contributed by atoms with E-state index in [4.69, 9.17) is 23.2 Å². The van der Waals surface area contributed by atoms with E-state index in [0.717, 1.165) is 17.6 Å². The number of hydrogen-bond donors (Lipinski definition) is 2. The molecule has 0 atom stereocenters. The third-order valence-corrected chi connectivity index (χ3v) is 4.41. The zero-order chi connectivity index (χ0) is 16.4. The number of para-hydroxylation sites is 1. The fourth-order valence-electron chi connectivity index (χ4n) is 2.73. The number of carbonyl (C=O) groups is 1. The third-order valence-electron chi connectivity index (χ3n) is 3.86. The van der Waals surface area contributed by atoms with Crippen LogP contribution in [-0.2, 0) is 6.42 Å². The molecule has 0 radical (unpaired) electrons. The maximum Gasteiger partial charge on any atom is 0.252 e. The Labute approximate surface area is 144 Å². The number of carbonyl (C=O) groups excluding carboxylic acids is 1. The van der Waals surface area contributed by atoms with Crippen LogP contribution in [0.1, 0.15) is 21.6 Å². The molecule has 0 aliphatic carbocycles. The van der Waals surface area contributed by atoms with Gasteiger partial charge in [0.15, 0.2) is 0 Å². The Hall–Kier alpha value is -1.97. The summed E-state index contributed by atoms with van der Waals surface area (Å²) in [6.07, 6.45) is 0.757. The molecule has 2 N–H and O–H groups in total. The average Bonchev–Trinajstić information content (AvgIpc) is 2.83. The topological polar surface area (TPSA) is 44.9 Å². The normalized spacial score (nSPS) is 10.9. The standard InChI is InChI=1S/C18H16Cl2N2O/c1-11-13(14-4-2-3-5-17(14)22-11)8-9-21-18(23)15-7-6-12(19)10-16(15)20/h2-7,10,22H,8-9H2,1H3,(H,21,23). The van der Waals surface area contributed by atoms with Gasteiger partial charge in [-0.1, -0.05) is 41.4 Å². The van der Waals surface area contributed by atoms with Crippen molar-refractivity contribution in [1.29, 1.82) is 0 Å². The van der Waals surface area contributed by atoms with E-state index >= 15 is 0 Å². The molecule has 0 unspecified atom stereocenters. The van der Waals surface area contributed by atoms with Crippen LogP contribution in [0.25, 0.3) is 10.9 Å². The van der Waals surface area contributed by atoms with Gasteiger partial charge in [0.1, 0.15) is 0 Å². The Morgan fingerprint density at radius 1 is 1.17 bits per heavy atom. The first-order valence-corrected chi connectivity index (χ1v) is 8.11. The summed E-state index contributed by atoms with van der Waals surface area (Å²) in [5.74, 6) is -0.191. The van der Waals surface area contributed by atoms with E-state index in [-0.39, 0.29) is 5.91 Å². The van der Waals surface area contributed by atoms with Crippen LogP contribution in [0.15, 0.2) is 42.5 Å². The van der Waals surface area contributed by atoms with Crippen LogP contribution in [0.4, 0.5) is 0 Å². The summed E-state index contributed by atoms with van der Waals surface area (Å²) in [6, 6.07) is 13.0. The van der Waals surface area contributed by atoms with Crippen molar-refractivity contribution in [1.82, 2.24) is 10.3 Å². The van der Waals surface area contributed by atoms with Crippen LogP contribution in [0.2, 0.25) is 10.0 Å². The molecule has 0 aliphatic rings. The molecular weight excluding hydrogens is 331 g/mol. The molecule has 3 nitrogen and oxygen atoms in total. The highest BCUT2D eigenvalue weighted by Gasteiger charge is 2.12. The van der Waals surface area contributed by atoms with Gasteiger partial charge >= 0.3 is 0 Å². The van der Waals surface area contributed by atoms with Crippen molar-refractivity contribution in [2.24, 2.45) is 0 Å². The van der Waals surface area contributed by atoms with E-state index in [1.807, 2.05) is 19.1 Å². The molecule has 1 amide bonds. The maximum absolute atomic E-state index is 12.2. The number of rotatable bonds is 4. The number of nitrogens with one attached hydrogen (secondary N) is 2. The lowest BCUT2D eigenvalue weighted by atomic mass is 10.1. The van der Waals surface area contributed by atoms with Gasteiger partial charge in [-0.05, 0) is 43.2 Å². The molecule has 0 bridgehead atoms. The molecule has 0 aliphatic heterocycles. The van der Waals surface area contributed by atoms with Gasteiger partial charge in [0.2, 0.25) is 0 Å². The Balaban J connectivity index is 1.69. The molecule has 1 heterocycles. The second-order valence-electron chi connectivity index (χ2n) is 5.40. The lowest BCUT2D eigenvalue weighted by molar-refractivity contribution is 0.0954. The van der Waals surface area contributed by atoms with Crippen molar-refractivity contribution in [2.45, 2.75) is 13.3 Å². The first-order valence-electron chi connectivity index (χ1n) is 7.35. The Kier molecular flexibility index (Phi) is 4.60. The summed E-state index contributed by atoms with van der Waals surface area (Å²) in [5.41, 5.74) is 3.91. The van der Waals surface area contributed by atoms with Crippen molar-refractivity contribution >= 4 is 40.0 Å². The Bertz CT molecular complexity index is 871. The van der Waals surface area contributed by atoms with Crippen LogP contribution in [0.3, 0.4) is 0 Å². The number of benzene rings is 2. The molecule has 0 saturated heterocycles. The summed E-state index contributed by atoms with van der Waals surface area (Å²) in [6.45, 7) is 2.59. The van der Waals surface area contributed by atoms with Gasteiger partial charge in [0.25, 0.3) is 5.91 Å². The van der Waals surface area contributed by atoms with E-state index in [1.54, 1.807) is 18.2 Å². The van der Waals surface area contributed by atoms with Crippen molar-refractivity contribution in [2.75, 3.05) is 6.54 Å². The number of H-pyrrole nitrogens is 1. The smallest absolute Gasteiger partial charge is 0.252 e. The van der Waals surface area contributed by atoms with E-state index < -0.39 is 0 Å². The summed E-state index contributed by atoms with van der Waals surface area (Å²) < 4.78 is 0. The minimum Gasteiger partial charge on any atom is -0.358 e. The first-order chi connectivity index (χ1) is 11.1. The molecule has 23 heavy (non-hydrogen) atoms. The van der Waals surface area contributed by atoms with Crippen molar-refractivity contribution in [3.8, 4) is 0 Å². The van der Waals surface area contributed by atoms with Crippen LogP contribution < -0.4 is 5.32 Å². The predicted molar refractivity (Wildman–Crippen MR) is 95.5 cm³/mol. The summed E-state index contributed by atoms with van der Waals surface area (Å²) >= 11 is 11.9. The third kappa shape index (κ3) is 3.36. The molecule has 118 valence electrons. The minimum atomic E-state index is -0.191. The SMILES string of the molecule is Cc1[nH]c2ccccc2c1CCNC(=O)c1ccc(Cl)cc1Cl. The second kappa shape index (κ2) is 6.65. The lowest BCUT2D eigenvalue weighted by Gasteiger charge is -2.07.